The molecule has 7 aromatic rings. The summed E-state index contributed by atoms with van der Waals surface area (Å²) in [6, 6.07) is 42.0. The van der Waals surface area contributed by atoms with E-state index in [4.69, 9.17) is 4.74 Å². The third-order valence-corrected chi connectivity index (χ3v) is 8.98. The van der Waals surface area contributed by atoms with Gasteiger partial charge in [0.2, 0.25) is 0 Å². The number of imide groups is 1. The van der Waals surface area contributed by atoms with Crippen molar-refractivity contribution in [2.75, 3.05) is 9.80 Å². The quantitative estimate of drug-likeness (QED) is 0.0858. The molecule has 0 saturated carbocycles. The lowest BCUT2D eigenvalue weighted by Gasteiger charge is -2.31. The Morgan fingerprint density at radius 3 is 1.60 bits per heavy atom. The van der Waals surface area contributed by atoms with Gasteiger partial charge in [-0.2, -0.15) is 0 Å². The molecule has 0 aromatic heterocycles. The highest BCUT2D eigenvalue weighted by Crippen LogP contribution is 2.45. The average Bonchev–Trinajstić information content (AvgIpc) is 3.10. The van der Waals surface area contributed by atoms with Crippen LogP contribution < -0.4 is 9.80 Å². The molecule has 0 saturated heterocycles. The zero-order valence-corrected chi connectivity index (χ0v) is 24.6. The van der Waals surface area contributed by atoms with Crippen LogP contribution in [0.1, 0.15) is 41.4 Å². The zero-order valence-electron chi connectivity index (χ0n) is 24.6. The van der Waals surface area contributed by atoms with E-state index in [1.165, 1.54) is 24.3 Å². The third kappa shape index (κ3) is 3.87. The maximum Gasteiger partial charge on any atom is 0.346 e. The van der Waals surface area contributed by atoms with Gasteiger partial charge in [-0.25, -0.2) is 14.5 Å². The molecular formula is C40H22N2O5. The van der Waals surface area contributed by atoms with Gasteiger partial charge in [-0.15, -0.1) is 0 Å². The SMILES string of the molecule is O=C1OC(=O)c2ccc3c4c(ccc1c24)C(=O)N(c1cccc(N(c2ccccc2)c2c4ccccc4cc4ccccc24)c1)C3=O. The molecule has 0 bridgehead atoms. The van der Waals surface area contributed by atoms with E-state index in [0.717, 1.165) is 43.5 Å². The van der Waals surface area contributed by atoms with Gasteiger partial charge in [0.1, 0.15) is 0 Å². The molecule has 7 nitrogen and oxygen atoms in total. The second kappa shape index (κ2) is 9.95. The van der Waals surface area contributed by atoms with Gasteiger partial charge in [0.25, 0.3) is 11.8 Å². The summed E-state index contributed by atoms with van der Waals surface area (Å²) in [5.74, 6) is -2.69. The molecule has 7 heteroatoms. The average molecular weight is 611 g/mol. The van der Waals surface area contributed by atoms with E-state index in [9.17, 15) is 19.2 Å². The van der Waals surface area contributed by atoms with Crippen LogP contribution in [0.2, 0.25) is 0 Å². The molecule has 222 valence electrons. The number of amides is 2. The number of hydrogen-bond acceptors (Lipinski definition) is 6. The minimum absolute atomic E-state index is 0.150. The number of fused-ring (bicyclic) bond motifs is 2. The lowest BCUT2D eigenvalue weighted by molar-refractivity contribution is 0.0390. The van der Waals surface area contributed by atoms with Gasteiger partial charge in [0, 0.05) is 44.0 Å². The topological polar surface area (TPSA) is 84.0 Å². The third-order valence-electron chi connectivity index (χ3n) is 8.98. The van der Waals surface area contributed by atoms with Crippen molar-refractivity contribution in [3.63, 3.8) is 0 Å². The molecule has 2 amide bonds. The number of carbonyl (C=O) groups excluding carboxylic acids is 4. The Labute approximate surface area is 267 Å². The van der Waals surface area contributed by atoms with E-state index in [0.29, 0.717) is 11.1 Å². The van der Waals surface area contributed by atoms with Crippen LogP contribution in [-0.2, 0) is 4.74 Å². The van der Waals surface area contributed by atoms with Crippen molar-refractivity contribution >= 4 is 78.8 Å². The Balaban J connectivity index is 1.25. The molecule has 0 N–H and O–H groups in total. The first kappa shape index (κ1) is 26.8. The molecule has 0 atom stereocenters. The fourth-order valence-electron chi connectivity index (χ4n) is 6.94. The summed E-state index contributed by atoms with van der Waals surface area (Å²) in [5, 5.41) is 4.83. The van der Waals surface area contributed by atoms with Crippen molar-refractivity contribution in [2.24, 2.45) is 0 Å². The summed E-state index contributed by atoms with van der Waals surface area (Å²) in [6.45, 7) is 0. The molecule has 2 heterocycles. The van der Waals surface area contributed by atoms with Crippen LogP contribution >= 0.6 is 0 Å². The Morgan fingerprint density at radius 1 is 0.468 bits per heavy atom. The van der Waals surface area contributed by atoms with Gasteiger partial charge in [0.15, 0.2) is 0 Å². The number of hydrogen-bond donors (Lipinski definition) is 0. The summed E-state index contributed by atoms with van der Waals surface area (Å²) in [4.78, 5) is 56.7. The Bertz CT molecular complexity index is 2420. The van der Waals surface area contributed by atoms with Gasteiger partial charge >= 0.3 is 11.9 Å². The van der Waals surface area contributed by atoms with E-state index < -0.39 is 23.8 Å². The smallest absolute Gasteiger partial charge is 0.346 e. The molecule has 0 aliphatic carbocycles. The predicted octanol–water partition coefficient (Wildman–Crippen LogP) is 8.73. The number of nitrogens with zero attached hydrogens (tertiary/aromatic N) is 2. The molecule has 9 rings (SSSR count). The Kier molecular flexibility index (Phi) is 5.67. The first-order valence-corrected chi connectivity index (χ1v) is 15.1. The van der Waals surface area contributed by atoms with Crippen molar-refractivity contribution in [3.05, 3.63) is 156 Å². The standard InChI is InChI=1S/C40H22N2O5/c43-37-30-17-19-32-35-33(40(46)47-39(32)45)20-18-31(34(30)35)38(44)42(37)27-14-8-13-26(22-27)41(25-11-2-1-3-12-25)36-28-15-6-4-9-23(28)21-24-10-5-7-16-29(24)36/h1-22H. The van der Waals surface area contributed by atoms with E-state index in [1.807, 2.05) is 72.8 Å². The van der Waals surface area contributed by atoms with E-state index in [1.54, 1.807) is 6.07 Å². The van der Waals surface area contributed by atoms with Gasteiger partial charge in [-0.05, 0) is 71.4 Å². The molecule has 0 spiro atoms. The number of anilines is 4. The monoisotopic (exact) mass is 610 g/mol. The van der Waals surface area contributed by atoms with Crippen molar-refractivity contribution in [1.82, 2.24) is 0 Å². The summed E-state index contributed by atoms with van der Waals surface area (Å²) < 4.78 is 4.88. The number of rotatable bonds is 4. The first-order chi connectivity index (χ1) is 23.0. The maximum atomic E-state index is 14.2. The number of para-hydroxylation sites is 1. The number of ether oxygens (including phenoxy) is 1. The Hall–Kier alpha value is -6.60. The van der Waals surface area contributed by atoms with Crippen LogP contribution in [0, 0.1) is 0 Å². The lowest BCUT2D eigenvalue weighted by Crippen LogP contribution is -2.41. The molecule has 0 unspecified atom stereocenters. The van der Waals surface area contributed by atoms with Gasteiger partial charge in [-0.3, -0.25) is 9.59 Å². The highest BCUT2D eigenvalue weighted by atomic mass is 16.6. The number of esters is 2. The van der Waals surface area contributed by atoms with Crippen molar-refractivity contribution in [3.8, 4) is 0 Å². The van der Waals surface area contributed by atoms with Crippen molar-refractivity contribution < 1.29 is 23.9 Å². The largest absolute Gasteiger partial charge is 0.386 e. The van der Waals surface area contributed by atoms with E-state index in [-0.39, 0.29) is 27.6 Å². The van der Waals surface area contributed by atoms with Gasteiger partial charge in [-0.1, -0.05) is 72.8 Å². The van der Waals surface area contributed by atoms with Crippen molar-refractivity contribution in [1.29, 1.82) is 0 Å². The molecular weight excluding hydrogens is 588 g/mol. The van der Waals surface area contributed by atoms with Gasteiger partial charge < -0.3 is 9.64 Å². The van der Waals surface area contributed by atoms with E-state index >= 15 is 0 Å². The summed E-state index contributed by atoms with van der Waals surface area (Å²) in [5.41, 5.74) is 3.77. The minimum atomic E-state index is -0.803. The normalized spacial score (nSPS) is 13.8. The minimum Gasteiger partial charge on any atom is -0.386 e. The second-order valence-corrected chi connectivity index (χ2v) is 11.6. The van der Waals surface area contributed by atoms with Crippen LogP contribution in [0.5, 0.6) is 0 Å². The van der Waals surface area contributed by atoms with Crippen molar-refractivity contribution in [2.45, 2.75) is 0 Å². The molecule has 2 aliphatic heterocycles. The zero-order chi connectivity index (χ0) is 31.8. The molecule has 0 radical (unpaired) electrons. The summed E-state index contributed by atoms with van der Waals surface area (Å²) in [6.07, 6.45) is 0. The van der Waals surface area contributed by atoms with Crippen LogP contribution in [-0.4, -0.2) is 23.8 Å². The molecule has 47 heavy (non-hydrogen) atoms. The lowest BCUT2D eigenvalue weighted by atomic mass is 9.87. The molecule has 7 aromatic carbocycles. The van der Waals surface area contributed by atoms with Crippen LogP contribution in [0.3, 0.4) is 0 Å². The highest BCUT2D eigenvalue weighted by molar-refractivity contribution is 6.38. The number of cyclic esters (lactones) is 2. The highest BCUT2D eigenvalue weighted by Gasteiger charge is 2.38. The molecule has 2 aliphatic rings. The van der Waals surface area contributed by atoms with E-state index in [2.05, 4.69) is 35.2 Å². The number of carbonyl (C=O) groups is 4. The Morgan fingerprint density at radius 2 is 0.979 bits per heavy atom. The predicted molar refractivity (Wildman–Crippen MR) is 181 cm³/mol. The second-order valence-electron chi connectivity index (χ2n) is 11.6. The van der Waals surface area contributed by atoms with Crippen LogP contribution in [0.15, 0.2) is 133 Å². The fraction of sp³-hybridized carbons (Fsp3) is 0. The van der Waals surface area contributed by atoms with Crippen LogP contribution in [0.4, 0.5) is 22.7 Å². The summed E-state index contributed by atoms with van der Waals surface area (Å²) >= 11 is 0. The first-order valence-electron chi connectivity index (χ1n) is 15.1. The maximum absolute atomic E-state index is 14.2. The van der Waals surface area contributed by atoms with Crippen LogP contribution in [0.25, 0.3) is 32.3 Å². The number of benzene rings is 7. The fourth-order valence-corrected chi connectivity index (χ4v) is 6.94. The van der Waals surface area contributed by atoms with Gasteiger partial charge in [0.05, 0.1) is 22.5 Å². The molecule has 0 fully saturated rings. The summed E-state index contributed by atoms with van der Waals surface area (Å²) in [7, 11) is 0.